The van der Waals surface area contributed by atoms with E-state index in [1.165, 1.54) is 10.9 Å². The van der Waals surface area contributed by atoms with Crippen LogP contribution in [0.15, 0.2) is 59.9 Å². The number of aromatic nitrogens is 2. The van der Waals surface area contributed by atoms with Gasteiger partial charge in [-0.3, -0.25) is 0 Å². The molecule has 3 nitrogen and oxygen atoms in total. The monoisotopic (exact) mass is 375 g/mol. The third-order valence-corrected chi connectivity index (χ3v) is 4.89. The van der Waals surface area contributed by atoms with E-state index >= 15 is 0 Å². The molecule has 0 radical (unpaired) electrons. The predicted molar refractivity (Wildman–Crippen MR) is 89.5 cm³/mol. The van der Waals surface area contributed by atoms with Crippen molar-refractivity contribution in [1.29, 1.82) is 0 Å². The van der Waals surface area contributed by atoms with Crippen molar-refractivity contribution in [1.82, 2.24) is 9.55 Å². The highest BCUT2D eigenvalue weighted by Crippen LogP contribution is 3.02. The Hall–Kier alpha value is -2.55. The second-order valence-electron chi connectivity index (χ2n) is 5.70. The van der Waals surface area contributed by atoms with Crippen molar-refractivity contribution in [3.05, 3.63) is 60.6 Å². The van der Waals surface area contributed by atoms with Gasteiger partial charge in [-0.2, -0.15) is 0 Å². The molecule has 2 N–H and O–H groups in total. The Labute approximate surface area is 140 Å². The van der Waals surface area contributed by atoms with E-state index in [0.29, 0.717) is 23.5 Å². The van der Waals surface area contributed by atoms with Crippen molar-refractivity contribution in [3.63, 3.8) is 0 Å². The van der Waals surface area contributed by atoms with E-state index in [4.69, 9.17) is 5.73 Å². The van der Waals surface area contributed by atoms with E-state index in [0.717, 1.165) is 23.3 Å². The van der Waals surface area contributed by atoms with Crippen LogP contribution >= 0.6 is 10.2 Å². The van der Waals surface area contributed by atoms with E-state index in [1.54, 1.807) is 18.3 Å². The molecule has 134 valence electrons. The third kappa shape index (κ3) is 3.60. The number of hydrogen-bond donors (Lipinski definition) is 1. The van der Waals surface area contributed by atoms with Crippen molar-refractivity contribution < 1.29 is 19.4 Å². The molecule has 25 heavy (non-hydrogen) atoms. The molecule has 3 rings (SSSR count). The zero-order valence-corrected chi connectivity index (χ0v) is 13.8. The van der Waals surface area contributed by atoms with Gasteiger partial charge in [0.15, 0.2) is 0 Å². The molecule has 0 fully saturated rings. The lowest BCUT2D eigenvalue weighted by molar-refractivity contribution is 0.364. The van der Waals surface area contributed by atoms with Gasteiger partial charge in [-0.15, -0.1) is 0 Å². The Morgan fingerprint density at radius 1 is 0.960 bits per heavy atom. The standard InChI is InChI=1S/C16H14F5N3S/c1-11-8-12(2-7-15(11)22)16-9-24(10-23-16)13-3-5-14(6-4-13)25(17,18,19,20)21/h2-10H,22H2,1H3. The molecule has 3 aromatic rings. The largest absolute Gasteiger partial charge is 0.399 e. The summed E-state index contributed by atoms with van der Waals surface area (Å²) in [6, 6.07) is 8.05. The second-order valence-corrected chi connectivity index (χ2v) is 8.11. The molecular formula is C16H14F5N3S. The van der Waals surface area contributed by atoms with Crippen LogP contribution in [0, 0.1) is 6.92 Å². The van der Waals surface area contributed by atoms with Crippen LogP contribution in [-0.2, 0) is 0 Å². The Morgan fingerprint density at radius 2 is 1.60 bits per heavy atom. The molecule has 0 saturated carbocycles. The van der Waals surface area contributed by atoms with Crippen molar-refractivity contribution in [2.24, 2.45) is 0 Å². The van der Waals surface area contributed by atoms with Crippen LogP contribution < -0.4 is 5.73 Å². The van der Waals surface area contributed by atoms with Crippen molar-refractivity contribution >= 4 is 15.9 Å². The molecule has 0 saturated heterocycles. The van der Waals surface area contributed by atoms with Gasteiger partial charge in [0.1, 0.15) is 4.90 Å². The molecule has 0 atom stereocenters. The lowest BCUT2D eigenvalue weighted by Crippen LogP contribution is -2.06. The summed E-state index contributed by atoms with van der Waals surface area (Å²) in [6.45, 7) is 1.84. The maximum absolute atomic E-state index is 12.7. The summed E-state index contributed by atoms with van der Waals surface area (Å²) in [7, 11) is -9.66. The highest BCUT2D eigenvalue weighted by Gasteiger charge is 2.65. The smallest absolute Gasteiger partial charge is 0.310 e. The van der Waals surface area contributed by atoms with Crippen LogP contribution in [0.4, 0.5) is 25.1 Å². The summed E-state index contributed by atoms with van der Waals surface area (Å²) >= 11 is 0. The maximum Gasteiger partial charge on any atom is 0.310 e. The Balaban J connectivity index is 1.94. The van der Waals surface area contributed by atoms with Crippen LogP contribution in [0.3, 0.4) is 0 Å². The first-order valence-electron chi connectivity index (χ1n) is 7.08. The number of nitrogen functional groups attached to an aromatic ring is 1. The highest BCUT2D eigenvalue weighted by atomic mass is 32.5. The van der Waals surface area contributed by atoms with Crippen LogP contribution in [0.1, 0.15) is 5.56 Å². The molecule has 2 aromatic carbocycles. The van der Waals surface area contributed by atoms with Gasteiger partial charge >= 0.3 is 10.2 Å². The van der Waals surface area contributed by atoms with Crippen molar-refractivity contribution in [3.8, 4) is 16.9 Å². The van der Waals surface area contributed by atoms with Crippen LogP contribution in [0.25, 0.3) is 16.9 Å². The summed E-state index contributed by atoms with van der Waals surface area (Å²) in [5.74, 6) is 0. The fourth-order valence-corrected chi connectivity index (χ4v) is 2.97. The van der Waals surface area contributed by atoms with Gasteiger partial charge < -0.3 is 10.3 Å². The summed E-state index contributed by atoms with van der Waals surface area (Å²) in [4.78, 5) is 2.27. The molecule has 0 spiro atoms. The fourth-order valence-electron chi connectivity index (χ4n) is 2.32. The summed E-state index contributed by atoms with van der Waals surface area (Å²) in [6.07, 6.45) is 3.00. The summed E-state index contributed by atoms with van der Waals surface area (Å²) < 4.78 is 65.2. The van der Waals surface area contributed by atoms with Gasteiger partial charge in [0.2, 0.25) is 0 Å². The summed E-state index contributed by atoms with van der Waals surface area (Å²) in [5, 5.41) is 0. The minimum Gasteiger partial charge on any atom is -0.399 e. The highest BCUT2D eigenvalue weighted by molar-refractivity contribution is 8.45. The molecule has 1 aromatic heterocycles. The van der Waals surface area contributed by atoms with Crippen molar-refractivity contribution in [2.45, 2.75) is 11.8 Å². The lowest BCUT2D eigenvalue weighted by atomic mass is 10.1. The average Bonchev–Trinajstić information content (AvgIpc) is 2.98. The zero-order chi connectivity index (χ0) is 18.5. The molecule has 0 aliphatic carbocycles. The average molecular weight is 375 g/mol. The molecule has 9 heteroatoms. The number of rotatable bonds is 3. The molecular weight excluding hydrogens is 361 g/mol. The molecule has 0 unspecified atom stereocenters. The number of anilines is 1. The molecule has 0 bridgehead atoms. The second kappa shape index (κ2) is 4.75. The number of benzene rings is 2. The number of hydrogen-bond acceptors (Lipinski definition) is 2. The molecule has 0 aliphatic rings. The van der Waals surface area contributed by atoms with E-state index < -0.39 is 15.1 Å². The van der Waals surface area contributed by atoms with Gasteiger partial charge in [-0.05, 0) is 48.9 Å². The fraction of sp³-hybridized carbons (Fsp3) is 0.0625. The first-order chi connectivity index (χ1) is 11.3. The van der Waals surface area contributed by atoms with Crippen LogP contribution in [0.2, 0.25) is 0 Å². The Bertz CT molecular complexity index is 947. The lowest BCUT2D eigenvalue weighted by Gasteiger charge is -2.40. The third-order valence-electron chi connectivity index (χ3n) is 3.73. The minimum atomic E-state index is -9.66. The van der Waals surface area contributed by atoms with E-state index in [1.807, 2.05) is 13.0 Å². The summed E-state index contributed by atoms with van der Waals surface area (Å²) in [5.41, 5.74) is 8.92. The van der Waals surface area contributed by atoms with Gasteiger partial charge in [-0.25, -0.2) is 4.98 Å². The number of halogens is 5. The van der Waals surface area contributed by atoms with E-state index in [-0.39, 0.29) is 5.69 Å². The first kappa shape index (κ1) is 17.3. The quantitative estimate of drug-likeness (QED) is 0.445. The number of nitrogens with zero attached hydrogens (tertiary/aromatic N) is 2. The Kier molecular flexibility index (Phi) is 3.28. The van der Waals surface area contributed by atoms with E-state index in [2.05, 4.69) is 4.98 Å². The SMILES string of the molecule is Cc1cc(-c2cn(-c3ccc(S(F)(F)(F)(F)F)cc3)cn2)ccc1N. The Morgan fingerprint density at radius 3 is 2.16 bits per heavy atom. The zero-order valence-electron chi connectivity index (χ0n) is 13.0. The predicted octanol–water partition coefficient (Wildman–Crippen LogP) is 6.09. The maximum atomic E-state index is 12.7. The van der Waals surface area contributed by atoms with Crippen molar-refractivity contribution in [2.75, 3.05) is 5.73 Å². The number of imidazole rings is 1. The van der Waals surface area contributed by atoms with Crippen LogP contribution in [0.5, 0.6) is 0 Å². The molecule has 1 heterocycles. The van der Waals surface area contributed by atoms with Gasteiger partial charge in [0, 0.05) is 23.1 Å². The first-order valence-corrected chi connectivity index (χ1v) is 9.04. The normalized spacial score (nSPS) is 14.8. The van der Waals surface area contributed by atoms with Gasteiger partial charge in [0.25, 0.3) is 0 Å². The van der Waals surface area contributed by atoms with Gasteiger partial charge in [0.05, 0.1) is 12.0 Å². The van der Waals surface area contributed by atoms with Gasteiger partial charge in [-0.1, -0.05) is 25.5 Å². The molecule has 0 aliphatic heterocycles. The minimum absolute atomic E-state index is 0.288. The number of aryl methyl sites for hydroxylation is 1. The molecule has 0 amide bonds. The van der Waals surface area contributed by atoms with E-state index in [9.17, 15) is 19.4 Å². The van der Waals surface area contributed by atoms with Crippen LogP contribution in [-0.4, -0.2) is 9.55 Å². The topological polar surface area (TPSA) is 43.8 Å². The number of nitrogens with two attached hydrogens (primary N) is 1.